The molecule has 4 fully saturated rings. The first-order chi connectivity index (χ1) is 26.9. The highest BCUT2D eigenvalue weighted by molar-refractivity contribution is 5.73. The van der Waals surface area contributed by atoms with E-state index in [0.717, 1.165) is 0 Å². The predicted octanol–water partition coefficient (Wildman–Crippen LogP) is 1.26. The number of aliphatic hydroxyl groups excluding tert-OH is 2. The summed E-state index contributed by atoms with van der Waals surface area (Å²) in [4.78, 5) is 18.4. The number of likely N-dealkylation sites (N-methyl/N-ethyl adjacent to an activating group) is 1. The highest BCUT2D eigenvalue weighted by Gasteiger charge is 2.59. The Morgan fingerprint density at radius 3 is 2.17 bits per heavy atom. The fourth-order valence-electron chi connectivity index (χ4n) is 9.82. The molecule has 4 rings (SSSR count). The smallest absolute Gasteiger partial charge is 0.311 e. The van der Waals surface area contributed by atoms with Crippen molar-refractivity contribution in [1.29, 1.82) is 0 Å². The maximum absolute atomic E-state index is 14.4. The molecule has 0 radical (unpaired) electrons. The van der Waals surface area contributed by atoms with Gasteiger partial charge in [0.2, 0.25) is 0 Å². The van der Waals surface area contributed by atoms with Crippen LogP contribution in [0.2, 0.25) is 0 Å². The standard InChI is InChI=1S/C42H79N3O13/c1-14-31-41(10,50)35(47)28(6)43-22-24(2)20-39(8,49)36(58-38-33(46)30(44(11)12)19-25(3)54-38)26(4)34(27(5)37(48)56-31)57-32-21-40(9,52-13)42(51,29(7)55-32)23-45-15-17-53-18-16-45/h24-36,38,43,46-47,49-51H,14-23H2,1-13H3/t24-,25-,26+,27-,28+,29+,30+,31+,32+,33-,34+,35-,36-,38+,39+,40-,41-,42-/m1/s1. The molecule has 4 saturated heterocycles. The first-order valence-corrected chi connectivity index (χ1v) is 21.5. The van der Waals surface area contributed by atoms with Crippen LogP contribution in [0.4, 0.5) is 0 Å². The van der Waals surface area contributed by atoms with Gasteiger partial charge < -0.3 is 68.9 Å². The van der Waals surface area contributed by atoms with E-state index < -0.39 is 95.5 Å². The van der Waals surface area contributed by atoms with Crippen LogP contribution in [-0.4, -0.2) is 192 Å². The van der Waals surface area contributed by atoms with Gasteiger partial charge in [-0.3, -0.25) is 9.69 Å². The molecule has 4 aliphatic heterocycles. The van der Waals surface area contributed by atoms with E-state index in [2.05, 4.69) is 10.2 Å². The Labute approximate surface area is 347 Å². The van der Waals surface area contributed by atoms with E-state index >= 15 is 0 Å². The number of aliphatic hydroxyl groups is 5. The molecule has 0 aromatic carbocycles. The number of carbonyl (C=O) groups is 1. The lowest BCUT2D eigenvalue weighted by Gasteiger charge is -2.55. The van der Waals surface area contributed by atoms with Gasteiger partial charge in [0.15, 0.2) is 12.6 Å². The molecular weight excluding hydrogens is 754 g/mol. The summed E-state index contributed by atoms with van der Waals surface area (Å²) in [5.41, 5.74) is -5.99. The summed E-state index contributed by atoms with van der Waals surface area (Å²) in [5.74, 6) is -2.68. The van der Waals surface area contributed by atoms with Crippen molar-refractivity contribution in [2.24, 2.45) is 17.8 Å². The number of nitrogens with one attached hydrogen (secondary N) is 1. The second-order valence-electron chi connectivity index (χ2n) is 18.9. The lowest BCUT2D eigenvalue weighted by Crippen LogP contribution is -2.70. The van der Waals surface area contributed by atoms with Gasteiger partial charge in [-0.15, -0.1) is 0 Å². The van der Waals surface area contributed by atoms with Crippen LogP contribution in [0.15, 0.2) is 0 Å². The molecule has 0 spiro atoms. The maximum atomic E-state index is 14.4. The molecule has 0 aliphatic carbocycles. The van der Waals surface area contributed by atoms with Gasteiger partial charge in [-0.1, -0.05) is 20.8 Å². The Balaban J connectivity index is 1.79. The Kier molecular flexibility index (Phi) is 17.1. The number of methoxy groups -OCH3 is 1. The molecule has 340 valence electrons. The van der Waals surface area contributed by atoms with Crippen LogP contribution >= 0.6 is 0 Å². The van der Waals surface area contributed by atoms with Crippen LogP contribution in [0.1, 0.15) is 94.9 Å². The first-order valence-electron chi connectivity index (χ1n) is 21.5. The van der Waals surface area contributed by atoms with Crippen molar-refractivity contribution in [1.82, 2.24) is 15.1 Å². The van der Waals surface area contributed by atoms with Gasteiger partial charge in [0, 0.05) is 51.2 Å². The third kappa shape index (κ3) is 10.9. The number of carbonyl (C=O) groups excluding carboxylic acids is 1. The zero-order valence-corrected chi connectivity index (χ0v) is 37.6. The minimum Gasteiger partial charge on any atom is -0.459 e. The molecule has 0 unspecified atom stereocenters. The van der Waals surface area contributed by atoms with Gasteiger partial charge in [-0.2, -0.15) is 0 Å². The molecular formula is C42H79N3O13. The minimum atomic E-state index is -1.82. The quantitative estimate of drug-likeness (QED) is 0.181. The van der Waals surface area contributed by atoms with Crippen molar-refractivity contribution in [2.75, 3.05) is 60.6 Å². The first kappa shape index (κ1) is 49.6. The molecule has 58 heavy (non-hydrogen) atoms. The highest BCUT2D eigenvalue weighted by Crippen LogP contribution is 2.44. The summed E-state index contributed by atoms with van der Waals surface area (Å²) in [6, 6.07) is -0.885. The topological polar surface area (TPSA) is 201 Å². The summed E-state index contributed by atoms with van der Waals surface area (Å²) in [7, 11) is 5.32. The highest BCUT2D eigenvalue weighted by atomic mass is 16.7. The molecule has 0 aromatic heterocycles. The zero-order valence-electron chi connectivity index (χ0n) is 37.6. The van der Waals surface area contributed by atoms with Crippen LogP contribution in [0.5, 0.6) is 0 Å². The van der Waals surface area contributed by atoms with E-state index in [1.54, 1.807) is 41.7 Å². The molecule has 18 atom stereocenters. The van der Waals surface area contributed by atoms with Crippen molar-refractivity contribution >= 4 is 5.97 Å². The second kappa shape index (κ2) is 20.0. The van der Waals surface area contributed by atoms with Crippen molar-refractivity contribution in [3.05, 3.63) is 0 Å². The van der Waals surface area contributed by atoms with Crippen molar-refractivity contribution in [3.8, 4) is 0 Å². The number of cyclic esters (lactones) is 1. The number of esters is 1. The predicted molar refractivity (Wildman–Crippen MR) is 216 cm³/mol. The SMILES string of the molecule is CC[C@@H]1OC(=O)[C@H](C)[C@@H](O[C@H]2C[C@@](C)(OC)[C@@](O)(CN3CCOCC3)[C@H](C)O2)[C@H](C)[C@@H](O[C@@H]2O[C@H](C)C[C@H](N(C)C)[C@H]2O)[C@@](C)(O)C[C@@H](C)CN[C@@H](C)[C@@H](O)[C@]1(C)O. The number of nitrogens with zero attached hydrogens (tertiary/aromatic N) is 2. The zero-order chi connectivity index (χ0) is 43.5. The molecule has 0 saturated carbocycles. The van der Waals surface area contributed by atoms with Crippen LogP contribution < -0.4 is 5.32 Å². The van der Waals surface area contributed by atoms with Gasteiger partial charge >= 0.3 is 5.97 Å². The normalized spacial score (nSPS) is 48.6. The number of β-amino-alcohol motifs (C(OH)–C–C–N with tert-alkyl or cyclic N) is 1. The largest absolute Gasteiger partial charge is 0.459 e. The van der Waals surface area contributed by atoms with Gasteiger partial charge in [-0.25, -0.2) is 0 Å². The Hall–Kier alpha value is -1.09. The monoisotopic (exact) mass is 834 g/mol. The van der Waals surface area contributed by atoms with E-state index in [1.807, 2.05) is 46.7 Å². The Bertz CT molecular complexity index is 1300. The van der Waals surface area contributed by atoms with E-state index in [-0.39, 0.29) is 43.9 Å². The van der Waals surface area contributed by atoms with Gasteiger partial charge in [0.05, 0.1) is 49.1 Å². The molecule has 16 heteroatoms. The summed E-state index contributed by atoms with van der Waals surface area (Å²) in [6.45, 7) is 20.7. The van der Waals surface area contributed by atoms with E-state index in [4.69, 9.17) is 33.2 Å². The summed E-state index contributed by atoms with van der Waals surface area (Å²) >= 11 is 0. The van der Waals surface area contributed by atoms with Crippen LogP contribution in [0, 0.1) is 17.8 Å². The molecule has 6 N–H and O–H groups in total. The minimum absolute atomic E-state index is 0.0904. The van der Waals surface area contributed by atoms with E-state index in [1.165, 1.54) is 6.92 Å². The van der Waals surface area contributed by atoms with Crippen LogP contribution in [0.25, 0.3) is 0 Å². The maximum Gasteiger partial charge on any atom is 0.311 e. The third-order valence-corrected chi connectivity index (χ3v) is 13.8. The Morgan fingerprint density at radius 1 is 0.948 bits per heavy atom. The summed E-state index contributed by atoms with van der Waals surface area (Å²) in [6.07, 6.45) is -7.65. The summed E-state index contributed by atoms with van der Waals surface area (Å²) in [5, 5.41) is 63.0. The molecule has 16 nitrogen and oxygen atoms in total. The molecule has 0 aromatic rings. The summed E-state index contributed by atoms with van der Waals surface area (Å²) < 4.78 is 44.1. The van der Waals surface area contributed by atoms with Crippen molar-refractivity contribution in [2.45, 2.75) is 185 Å². The number of hydrogen-bond donors (Lipinski definition) is 6. The Morgan fingerprint density at radius 2 is 1.59 bits per heavy atom. The van der Waals surface area contributed by atoms with Crippen LogP contribution in [-0.2, 0) is 38.0 Å². The molecule has 4 aliphatic rings. The third-order valence-electron chi connectivity index (χ3n) is 13.8. The lowest BCUT2D eigenvalue weighted by atomic mass is 9.74. The number of morpholine rings is 1. The molecule has 0 bridgehead atoms. The average Bonchev–Trinajstić information content (AvgIpc) is 3.15. The van der Waals surface area contributed by atoms with E-state index in [9.17, 15) is 30.3 Å². The fourth-order valence-corrected chi connectivity index (χ4v) is 9.82. The molecule has 0 amide bonds. The van der Waals surface area contributed by atoms with Crippen molar-refractivity contribution in [3.63, 3.8) is 0 Å². The van der Waals surface area contributed by atoms with Gasteiger partial charge in [0.1, 0.15) is 35.1 Å². The second-order valence-corrected chi connectivity index (χ2v) is 18.9. The van der Waals surface area contributed by atoms with Crippen molar-refractivity contribution < 1.29 is 63.5 Å². The molecule has 4 heterocycles. The number of rotatable bonds is 9. The number of ether oxygens (including phenoxy) is 7. The van der Waals surface area contributed by atoms with E-state index in [0.29, 0.717) is 39.3 Å². The fraction of sp³-hybridized carbons (Fsp3) is 0.976. The average molecular weight is 834 g/mol. The lowest BCUT2D eigenvalue weighted by molar-refractivity contribution is -0.339. The van der Waals surface area contributed by atoms with Crippen LogP contribution in [0.3, 0.4) is 0 Å². The number of hydrogen-bond acceptors (Lipinski definition) is 16. The van der Waals surface area contributed by atoms with Gasteiger partial charge in [0.25, 0.3) is 0 Å². The van der Waals surface area contributed by atoms with Gasteiger partial charge in [-0.05, 0) is 94.3 Å².